The highest BCUT2D eigenvalue weighted by molar-refractivity contribution is 9.11. The number of rotatable bonds is 2. The Kier molecular flexibility index (Phi) is 3.17. The van der Waals surface area contributed by atoms with E-state index in [9.17, 15) is 13.2 Å². The van der Waals surface area contributed by atoms with Gasteiger partial charge in [-0.05, 0) is 22.9 Å². The van der Waals surface area contributed by atoms with Gasteiger partial charge in [-0.15, -0.1) is 11.3 Å². The topological polar surface area (TPSA) is 64.3 Å². The van der Waals surface area contributed by atoms with Crippen LogP contribution in [-0.4, -0.2) is 14.2 Å². The molecule has 2 rings (SSSR count). The van der Waals surface area contributed by atoms with Gasteiger partial charge in [0.2, 0.25) is 14.9 Å². The third kappa shape index (κ3) is 2.07. The Balaban J connectivity index is 2.90. The highest BCUT2D eigenvalue weighted by atomic mass is 79.9. The quantitative estimate of drug-likeness (QED) is 0.845. The highest BCUT2D eigenvalue weighted by Crippen LogP contribution is 2.34. The molecule has 4 nitrogen and oxygen atoms in total. The Hall–Kier alpha value is -0.660. The summed E-state index contributed by atoms with van der Waals surface area (Å²) in [5.41, 5.74) is -0.00949. The molecule has 0 aliphatic rings. The van der Waals surface area contributed by atoms with Gasteiger partial charge in [-0.1, -0.05) is 6.92 Å². The monoisotopic (exact) mass is 336 g/mol. The lowest BCUT2D eigenvalue weighted by Gasteiger charge is -2.00. The van der Waals surface area contributed by atoms with E-state index in [0.717, 1.165) is 10.9 Å². The maximum Gasteiger partial charge on any atom is 0.222 e. The van der Waals surface area contributed by atoms with Crippen molar-refractivity contribution in [2.75, 3.05) is 5.75 Å². The van der Waals surface area contributed by atoms with E-state index in [4.69, 9.17) is 4.42 Å². The van der Waals surface area contributed by atoms with Gasteiger partial charge in [-0.25, -0.2) is 8.42 Å². The standard InChI is InChI=1S/C10H9BrO4S2/c1-3-17(13,14)7-4-6(12)8-5(2)16-10(11)9(8)15-7/h4H,3H2,1-2H3. The van der Waals surface area contributed by atoms with Gasteiger partial charge in [0.05, 0.1) is 11.1 Å². The predicted octanol–water partition coefficient (Wildman–Crippen LogP) is 2.72. The molecule has 2 aromatic rings. The zero-order chi connectivity index (χ0) is 12.8. The number of sulfone groups is 1. The molecule has 0 bridgehead atoms. The molecule has 0 aromatic carbocycles. The lowest BCUT2D eigenvalue weighted by molar-refractivity contribution is 0.469. The number of halogens is 1. The van der Waals surface area contributed by atoms with E-state index in [1.165, 1.54) is 18.3 Å². The number of hydrogen-bond acceptors (Lipinski definition) is 5. The summed E-state index contributed by atoms with van der Waals surface area (Å²) in [6, 6.07) is 1.05. The minimum absolute atomic E-state index is 0.0951. The van der Waals surface area contributed by atoms with Crippen LogP contribution in [0.4, 0.5) is 0 Å². The Labute approximate surface area is 110 Å². The second-order valence-corrected chi connectivity index (χ2v) is 8.22. The minimum Gasteiger partial charge on any atom is -0.442 e. The molecule has 0 unspecified atom stereocenters. The molecule has 0 aliphatic heterocycles. The summed E-state index contributed by atoms with van der Waals surface area (Å²) < 4.78 is 29.3. The van der Waals surface area contributed by atoms with E-state index >= 15 is 0 Å². The lowest BCUT2D eigenvalue weighted by atomic mass is 10.3. The van der Waals surface area contributed by atoms with Crippen molar-refractivity contribution in [3.8, 4) is 0 Å². The van der Waals surface area contributed by atoms with Gasteiger partial charge in [0, 0.05) is 10.9 Å². The summed E-state index contributed by atoms with van der Waals surface area (Å²) in [4.78, 5) is 12.7. The first kappa shape index (κ1) is 12.8. The summed E-state index contributed by atoms with van der Waals surface area (Å²) >= 11 is 4.62. The van der Waals surface area contributed by atoms with Gasteiger partial charge in [0.1, 0.15) is 3.79 Å². The van der Waals surface area contributed by atoms with E-state index in [2.05, 4.69) is 15.9 Å². The largest absolute Gasteiger partial charge is 0.442 e. The van der Waals surface area contributed by atoms with E-state index in [-0.39, 0.29) is 16.3 Å². The van der Waals surface area contributed by atoms with Crippen molar-refractivity contribution in [2.45, 2.75) is 18.9 Å². The van der Waals surface area contributed by atoms with Crippen molar-refractivity contribution < 1.29 is 12.8 Å². The van der Waals surface area contributed by atoms with Crippen LogP contribution in [0.15, 0.2) is 24.2 Å². The maximum atomic E-state index is 11.9. The molecule has 92 valence electrons. The smallest absolute Gasteiger partial charge is 0.222 e. The van der Waals surface area contributed by atoms with Crippen LogP contribution in [0.1, 0.15) is 11.8 Å². The van der Waals surface area contributed by atoms with Gasteiger partial charge >= 0.3 is 0 Å². The van der Waals surface area contributed by atoms with Crippen LogP contribution in [0.25, 0.3) is 11.0 Å². The predicted molar refractivity (Wildman–Crippen MR) is 70.5 cm³/mol. The van der Waals surface area contributed by atoms with Crippen LogP contribution >= 0.6 is 27.3 Å². The molecule has 0 amide bonds. The number of fused-ring (bicyclic) bond motifs is 1. The fraction of sp³-hybridized carbons (Fsp3) is 0.300. The number of thiophene rings is 1. The zero-order valence-electron chi connectivity index (χ0n) is 9.11. The van der Waals surface area contributed by atoms with Gasteiger partial charge in [0.15, 0.2) is 11.0 Å². The Morgan fingerprint density at radius 1 is 1.47 bits per heavy atom. The van der Waals surface area contributed by atoms with Crippen LogP contribution < -0.4 is 5.43 Å². The molecule has 0 N–H and O–H groups in total. The molecular weight excluding hydrogens is 328 g/mol. The molecule has 0 fully saturated rings. The molecule has 17 heavy (non-hydrogen) atoms. The normalized spacial score (nSPS) is 12.2. The second-order valence-electron chi connectivity index (χ2n) is 3.47. The van der Waals surface area contributed by atoms with Gasteiger partial charge in [0.25, 0.3) is 0 Å². The van der Waals surface area contributed by atoms with Gasteiger partial charge < -0.3 is 4.42 Å². The maximum absolute atomic E-state index is 11.9. The number of hydrogen-bond donors (Lipinski definition) is 0. The summed E-state index contributed by atoms with van der Waals surface area (Å²) in [6.45, 7) is 3.30. The highest BCUT2D eigenvalue weighted by Gasteiger charge is 2.20. The van der Waals surface area contributed by atoms with Crippen molar-refractivity contribution in [1.29, 1.82) is 0 Å². The summed E-state index contributed by atoms with van der Waals surface area (Å²) in [7, 11) is -3.50. The van der Waals surface area contributed by atoms with Crippen LogP contribution in [-0.2, 0) is 9.84 Å². The molecule has 0 aliphatic carbocycles. The van der Waals surface area contributed by atoms with Crippen LogP contribution in [0.2, 0.25) is 0 Å². The first-order chi connectivity index (χ1) is 7.86. The molecule has 0 radical (unpaired) electrons. The van der Waals surface area contributed by atoms with E-state index in [1.54, 1.807) is 6.92 Å². The van der Waals surface area contributed by atoms with Crippen molar-refractivity contribution in [1.82, 2.24) is 0 Å². The fourth-order valence-electron chi connectivity index (χ4n) is 1.47. The third-order valence-corrected chi connectivity index (χ3v) is 5.68. The lowest BCUT2D eigenvalue weighted by Crippen LogP contribution is -2.09. The summed E-state index contributed by atoms with van der Waals surface area (Å²) in [5, 5.41) is 0.174. The van der Waals surface area contributed by atoms with Crippen molar-refractivity contribution in [3.63, 3.8) is 0 Å². The molecule has 7 heteroatoms. The first-order valence-electron chi connectivity index (χ1n) is 4.82. The molecule has 0 atom stereocenters. The molecule has 0 saturated carbocycles. The van der Waals surface area contributed by atoms with Crippen LogP contribution in [0.5, 0.6) is 0 Å². The average molecular weight is 337 g/mol. The molecular formula is C10H9BrO4S2. The molecule has 0 saturated heterocycles. The molecule has 0 spiro atoms. The van der Waals surface area contributed by atoms with E-state index in [1.807, 2.05) is 0 Å². The number of aryl methyl sites for hydroxylation is 1. The summed E-state index contributed by atoms with van der Waals surface area (Å²) in [6.07, 6.45) is 0. The zero-order valence-corrected chi connectivity index (χ0v) is 12.3. The Morgan fingerprint density at radius 3 is 2.71 bits per heavy atom. The van der Waals surface area contributed by atoms with Crippen LogP contribution in [0, 0.1) is 6.92 Å². The molecule has 2 aromatic heterocycles. The third-order valence-electron chi connectivity index (χ3n) is 2.38. The van der Waals surface area contributed by atoms with Gasteiger partial charge in [-0.2, -0.15) is 0 Å². The molecule has 2 heterocycles. The average Bonchev–Trinajstić information content (AvgIpc) is 2.55. The first-order valence-corrected chi connectivity index (χ1v) is 8.08. The second kappa shape index (κ2) is 4.22. The van der Waals surface area contributed by atoms with E-state index < -0.39 is 9.84 Å². The van der Waals surface area contributed by atoms with Gasteiger partial charge in [-0.3, -0.25) is 4.79 Å². The van der Waals surface area contributed by atoms with Crippen LogP contribution in [0.3, 0.4) is 0 Å². The Bertz CT molecular complexity index is 739. The SMILES string of the molecule is CCS(=O)(=O)c1cc(=O)c2c(C)sc(Br)c2o1. The minimum atomic E-state index is -3.50. The van der Waals surface area contributed by atoms with Crippen molar-refractivity contribution in [3.05, 3.63) is 25.0 Å². The van der Waals surface area contributed by atoms with Crippen molar-refractivity contribution in [2.24, 2.45) is 0 Å². The van der Waals surface area contributed by atoms with Crippen molar-refractivity contribution >= 4 is 48.1 Å². The fourth-order valence-corrected chi connectivity index (χ4v) is 4.06. The summed E-state index contributed by atoms with van der Waals surface area (Å²) in [5.74, 6) is -0.0951. The Morgan fingerprint density at radius 2 is 2.12 bits per heavy atom. The van der Waals surface area contributed by atoms with E-state index in [0.29, 0.717) is 14.8 Å².